The van der Waals surface area contributed by atoms with E-state index in [0.29, 0.717) is 11.3 Å². The molecule has 1 heterocycles. The van der Waals surface area contributed by atoms with Crippen molar-refractivity contribution in [2.75, 3.05) is 6.54 Å². The number of hydrogen-bond donors (Lipinski definition) is 1. The Hall–Kier alpha value is -0.660. The van der Waals surface area contributed by atoms with Crippen LogP contribution >= 0.6 is 23.7 Å². The van der Waals surface area contributed by atoms with Gasteiger partial charge in [0.1, 0.15) is 5.69 Å². The number of aryl methyl sites for hydroxylation is 1. The fourth-order valence-corrected chi connectivity index (χ4v) is 1.67. The van der Waals surface area contributed by atoms with E-state index in [1.54, 1.807) is 0 Å². The van der Waals surface area contributed by atoms with E-state index in [4.69, 9.17) is 5.73 Å². The van der Waals surface area contributed by atoms with Gasteiger partial charge in [-0.15, -0.1) is 23.7 Å². The van der Waals surface area contributed by atoms with Gasteiger partial charge in [0.15, 0.2) is 10.8 Å². The number of carbonyl (C=O) groups excluding carboxylic acids is 1. The predicted molar refractivity (Wildman–Crippen MR) is 52.5 cm³/mol. The predicted octanol–water partition coefficient (Wildman–Crippen LogP) is 2.03. The van der Waals surface area contributed by atoms with Crippen molar-refractivity contribution in [3.8, 4) is 0 Å². The van der Waals surface area contributed by atoms with E-state index >= 15 is 0 Å². The first-order valence-electron chi connectivity index (χ1n) is 3.64. The summed E-state index contributed by atoms with van der Waals surface area (Å²) in [6.45, 7) is 1.08. The minimum Gasteiger partial charge on any atom is -0.324 e. The number of nitrogens with zero attached hydrogens (tertiary/aromatic N) is 1. The first-order chi connectivity index (χ1) is 6.36. The Labute approximate surface area is 93.9 Å². The minimum absolute atomic E-state index is 0. The Balaban J connectivity index is 0.00000196. The Morgan fingerprint density at radius 3 is 2.40 bits per heavy atom. The second-order valence-electron chi connectivity index (χ2n) is 2.55. The molecule has 86 valence electrons. The van der Waals surface area contributed by atoms with Gasteiger partial charge in [-0.05, 0) is 6.92 Å². The van der Waals surface area contributed by atoms with Crippen LogP contribution in [-0.2, 0) is 6.18 Å². The second kappa shape index (κ2) is 4.91. The van der Waals surface area contributed by atoms with Crippen LogP contribution in [0.4, 0.5) is 13.2 Å². The first kappa shape index (κ1) is 14.3. The summed E-state index contributed by atoms with van der Waals surface area (Å²) in [7, 11) is 0. The third-order valence-corrected chi connectivity index (χ3v) is 2.50. The molecule has 0 atom stereocenters. The van der Waals surface area contributed by atoms with Gasteiger partial charge in [-0.25, -0.2) is 4.98 Å². The average molecular weight is 261 g/mol. The lowest BCUT2D eigenvalue weighted by Crippen LogP contribution is -2.15. The van der Waals surface area contributed by atoms with Crippen LogP contribution in [0.25, 0.3) is 0 Å². The van der Waals surface area contributed by atoms with Gasteiger partial charge in [-0.3, -0.25) is 4.79 Å². The van der Waals surface area contributed by atoms with Crippen LogP contribution in [0.3, 0.4) is 0 Å². The van der Waals surface area contributed by atoms with Gasteiger partial charge in [-0.1, -0.05) is 0 Å². The molecular weight excluding hydrogens is 253 g/mol. The molecule has 0 radical (unpaired) electrons. The lowest BCUT2D eigenvalue weighted by molar-refractivity contribution is -0.137. The first-order valence-corrected chi connectivity index (χ1v) is 4.45. The summed E-state index contributed by atoms with van der Waals surface area (Å²) in [4.78, 5) is 14.5. The van der Waals surface area contributed by atoms with Crippen molar-refractivity contribution >= 4 is 29.5 Å². The van der Waals surface area contributed by atoms with Crippen LogP contribution in [-0.4, -0.2) is 17.3 Å². The van der Waals surface area contributed by atoms with Gasteiger partial charge < -0.3 is 5.73 Å². The molecule has 0 amide bonds. The van der Waals surface area contributed by atoms with E-state index in [9.17, 15) is 18.0 Å². The standard InChI is InChI=1S/C7H7F3N2OS.ClH/c1-3-5(4(13)2-11)12-6(14-3)7(8,9)10;/h2,11H2,1H3;1H. The highest BCUT2D eigenvalue weighted by atomic mass is 35.5. The SMILES string of the molecule is Cc1sc(C(F)(F)F)nc1C(=O)CN.Cl. The lowest BCUT2D eigenvalue weighted by Gasteiger charge is -1.98. The molecule has 0 aliphatic heterocycles. The molecule has 1 aromatic rings. The maximum absolute atomic E-state index is 12.2. The summed E-state index contributed by atoms with van der Waals surface area (Å²) in [5.41, 5.74) is 4.85. The van der Waals surface area contributed by atoms with Gasteiger partial charge in [0.25, 0.3) is 0 Å². The van der Waals surface area contributed by atoms with Crippen LogP contribution in [0.5, 0.6) is 0 Å². The monoisotopic (exact) mass is 260 g/mol. The van der Waals surface area contributed by atoms with Gasteiger partial charge >= 0.3 is 6.18 Å². The minimum atomic E-state index is -4.50. The van der Waals surface area contributed by atoms with Crippen molar-refractivity contribution in [1.82, 2.24) is 4.98 Å². The molecule has 0 bridgehead atoms. The number of hydrogen-bond acceptors (Lipinski definition) is 4. The van der Waals surface area contributed by atoms with E-state index in [0.717, 1.165) is 0 Å². The number of aromatic nitrogens is 1. The molecular formula is C7H8ClF3N2OS. The van der Waals surface area contributed by atoms with Crippen LogP contribution < -0.4 is 5.73 Å². The van der Waals surface area contributed by atoms with Crippen molar-refractivity contribution in [1.29, 1.82) is 0 Å². The van der Waals surface area contributed by atoms with E-state index in [2.05, 4.69) is 4.98 Å². The molecule has 0 aliphatic carbocycles. The number of nitrogens with two attached hydrogens (primary N) is 1. The zero-order valence-electron chi connectivity index (χ0n) is 7.59. The fraction of sp³-hybridized carbons (Fsp3) is 0.429. The van der Waals surface area contributed by atoms with Crippen molar-refractivity contribution < 1.29 is 18.0 Å². The van der Waals surface area contributed by atoms with Gasteiger partial charge in [0.05, 0.1) is 6.54 Å². The summed E-state index contributed by atoms with van der Waals surface area (Å²) < 4.78 is 36.5. The molecule has 1 aromatic heterocycles. The average Bonchev–Trinajstić information content (AvgIpc) is 2.45. The zero-order valence-corrected chi connectivity index (χ0v) is 9.22. The third kappa shape index (κ3) is 3.15. The maximum atomic E-state index is 12.2. The van der Waals surface area contributed by atoms with Crippen LogP contribution in [0.1, 0.15) is 20.4 Å². The molecule has 3 nitrogen and oxygen atoms in total. The zero-order chi connectivity index (χ0) is 10.9. The van der Waals surface area contributed by atoms with Crippen LogP contribution in [0.15, 0.2) is 0 Å². The van der Waals surface area contributed by atoms with E-state index in [1.807, 2.05) is 0 Å². The van der Waals surface area contributed by atoms with Gasteiger partial charge in [0, 0.05) is 4.88 Å². The molecule has 0 saturated carbocycles. The number of alkyl halides is 3. The lowest BCUT2D eigenvalue weighted by atomic mass is 10.2. The molecule has 0 unspecified atom stereocenters. The third-order valence-electron chi connectivity index (χ3n) is 1.49. The molecule has 8 heteroatoms. The van der Waals surface area contributed by atoms with Crippen LogP contribution in [0, 0.1) is 6.92 Å². The summed E-state index contributed by atoms with van der Waals surface area (Å²) in [5, 5.41) is -1.01. The summed E-state index contributed by atoms with van der Waals surface area (Å²) in [5.74, 6) is -0.575. The molecule has 0 saturated heterocycles. The molecule has 0 spiro atoms. The molecule has 1 rings (SSSR count). The number of carbonyl (C=O) groups is 1. The Morgan fingerprint density at radius 2 is 2.07 bits per heavy atom. The fourth-order valence-electron chi connectivity index (χ4n) is 0.873. The normalized spacial score (nSPS) is 11.0. The molecule has 2 N–H and O–H groups in total. The summed E-state index contributed by atoms with van der Waals surface area (Å²) in [6.07, 6.45) is -4.50. The quantitative estimate of drug-likeness (QED) is 0.828. The second-order valence-corrected chi connectivity index (χ2v) is 3.75. The number of thiazole rings is 1. The maximum Gasteiger partial charge on any atom is 0.443 e. The van der Waals surface area contributed by atoms with Crippen molar-refractivity contribution in [3.63, 3.8) is 0 Å². The molecule has 0 fully saturated rings. The number of Topliss-reactive ketones (excluding diaryl/α,β-unsaturated/α-hetero) is 1. The van der Waals surface area contributed by atoms with Crippen molar-refractivity contribution in [2.24, 2.45) is 5.73 Å². The Morgan fingerprint density at radius 1 is 1.53 bits per heavy atom. The topological polar surface area (TPSA) is 56.0 Å². The van der Waals surface area contributed by atoms with E-state index < -0.39 is 17.0 Å². The number of halogens is 4. The molecule has 15 heavy (non-hydrogen) atoms. The Bertz CT molecular complexity index is 364. The van der Waals surface area contributed by atoms with Gasteiger partial charge in [-0.2, -0.15) is 13.2 Å². The van der Waals surface area contributed by atoms with Crippen LogP contribution in [0.2, 0.25) is 0 Å². The number of ketones is 1. The Kier molecular flexibility index (Phi) is 4.69. The smallest absolute Gasteiger partial charge is 0.324 e. The van der Waals surface area contributed by atoms with Gasteiger partial charge in [0.2, 0.25) is 0 Å². The van der Waals surface area contributed by atoms with Crippen molar-refractivity contribution in [2.45, 2.75) is 13.1 Å². The summed E-state index contributed by atoms with van der Waals surface area (Å²) in [6, 6.07) is 0. The molecule has 0 aliphatic rings. The highest BCUT2D eigenvalue weighted by molar-refractivity contribution is 7.12. The molecule has 0 aromatic carbocycles. The largest absolute Gasteiger partial charge is 0.443 e. The number of rotatable bonds is 2. The summed E-state index contributed by atoms with van der Waals surface area (Å²) >= 11 is 0.453. The van der Waals surface area contributed by atoms with E-state index in [1.165, 1.54) is 6.92 Å². The highest BCUT2D eigenvalue weighted by Gasteiger charge is 2.36. The highest BCUT2D eigenvalue weighted by Crippen LogP contribution is 2.33. The van der Waals surface area contributed by atoms with E-state index in [-0.39, 0.29) is 29.5 Å². The van der Waals surface area contributed by atoms with Crippen molar-refractivity contribution in [3.05, 3.63) is 15.6 Å².